The number of rotatable bonds is 7. The first-order chi connectivity index (χ1) is 20.3. The van der Waals surface area contributed by atoms with E-state index in [0.29, 0.717) is 9.53 Å². The molecular weight excluding hydrogens is 665 g/mol. The van der Waals surface area contributed by atoms with Gasteiger partial charge in [0, 0.05) is 16.5 Å². The number of nitrogens with one attached hydrogen (secondary N) is 1. The Bertz CT molecular complexity index is 2340. The maximum Gasteiger partial charge on any atom is 0.379 e. The van der Waals surface area contributed by atoms with Gasteiger partial charge in [0.15, 0.2) is 0 Å². The highest BCUT2D eigenvalue weighted by Gasteiger charge is 2.38. The largest absolute Gasteiger partial charge is 0.399 e. The minimum absolute atomic E-state index is 0.00979. The lowest BCUT2D eigenvalue weighted by Gasteiger charge is -2.27. The Labute approximate surface area is 250 Å². The summed E-state index contributed by atoms with van der Waals surface area (Å²) < 4.78 is 137. The Kier molecular flexibility index (Phi) is 7.38. The van der Waals surface area contributed by atoms with Crippen LogP contribution >= 0.6 is 0 Å². The lowest BCUT2D eigenvalue weighted by atomic mass is 10.1. The lowest BCUT2D eigenvalue weighted by Crippen LogP contribution is -2.45. The van der Waals surface area contributed by atoms with Crippen LogP contribution in [0.25, 0.3) is 22.9 Å². The molecule has 1 aliphatic heterocycles. The van der Waals surface area contributed by atoms with Crippen LogP contribution in [0.4, 0.5) is 22.7 Å². The average Bonchev–Trinajstić information content (AvgIpc) is 3.31. The zero-order chi connectivity index (χ0) is 32.4. The summed E-state index contributed by atoms with van der Waals surface area (Å²) in [7, 11) is -19.6. The number of hydrogen-bond donors (Lipinski definition) is 6. The predicted molar refractivity (Wildman–Crippen MR) is 160 cm³/mol. The Balaban J connectivity index is 1.65. The van der Waals surface area contributed by atoms with Gasteiger partial charge in [0.2, 0.25) is 0 Å². The number of hydrazine groups is 2. The summed E-state index contributed by atoms with van der Waals surface area (Å²) in [5.74, 6) is 0. The average molecular weight is 685 g/mol. The zero-order valence-electron chi connectivity index (χ0n) is 21.7. The summed E-state index contributed by atoms with van der Waals surface area (Å²) in [6.45, 7) is 0. The van der Waals surface area contributed by atoms with Crippen molar-refractivity contribution in [3.8, 4) is 0 Å². The first-order valence-electron chi connectivity index (χ1n) is 11.8. The van der Waals surface area contributed by atoms with Gasteiger partial charge >= 0.3 is 10.3 Å². The Morgan fingerprint density at radius 1 is 0.636 bits per heavy atom. The van der Waals surface area contributed by atoms with Crippen LogP contribution < -0.4 is 20.7 Å². The molecule has 0 saturated heterocycles. The second-order valence-electron chi connectivity index (χ2n) is 9.23. The van der Waals surface area contributed by atoms with Crippen LogP contribution in [0.3, 0.4) is 0 Å². The smallest absolute Gasteiger partial charge is 0.379 e. The zero-order valence-corrected chi connectivity index (χ0v) is 24.9. The quantitative estimate of drug-likeness (QED) is 0.0928. The van der Waals surface area contributed by atoms with Gasteiger partial charge in [0.25, 0.3) is 30.4 Å². The lowest BCUT2D eigenvalue weighted by molar-refractivity contribution is 0.477. The highest BCUT2D eigenvalue weighted by Crippen LogP contribution is 2.44. The third-order valence-electron chi connectivity index (χ3n) is 6.38. The number of nitrogens with two attached hydrogens (primary N) is 1. The van der Waals surface area contributed by atoms with Crippen molar-refractivity contribution < 1.29 is 51.9 Å². The number of hydrogen-bond acceptors (Lipinski definition) is 11. The molecule has 16 nitrogen and oxygen atoms in total. The highest BCUT2D eigenvalue weighted by molar-refractivity contribution is 7.87. The van der Waals surface area contributed by atoms with E-state index in [-0.39, 0.29) is 44.6 Å². The molecule has 0 unspecified atom stereocenters. The molecule has 0 aliphatic carbocycles. The van der Waals surface area contributed by atoms with Gasteiger partial charge in [0.1, 0.15) is 20.4 Å². The molecule has 0 spiro atoms. The van der Waals surface area contributed by atoms with Crippen LogP contribution in [0.1, 0.15) is 11.1 Å². The van der Waals surface area contributed by atoms with E-state index >= 15 is 0 Å². The third-order valence-corrected chi connectivity index (χ3v) is 9.91. The number of fused-ring (bicyclic) bond motifs is 3. The number of nitrogens with zero attached hydrogens (tertiary/aromatic N) is 2. The number of anilines is 4. The number of benzene rings is 4. The molecule has 7 N–H and O–H groups in total. The summed E-state index contributed by atoms with van der Waals surface area (Å²) in [5, 5.41) is 0.795. The fourth-order valence-corrected chi connectivity index (χ4v) is 7.45. The fourth-order valence-electron chi connectivity index (χ4n) is 4.58. The SMILES string of the molecule is Nc1ccc(C=Cc2ccc(N3Nc4c(ccc5c(S(=O)(=O)O)cccc45)N3S(=O)(=O)O)cc2S(=O)(=O)O)c(S(=O)(=O)O)c1. The Morgan fingerprint density at radius 3 is 1.77 bits per heavy atom. The van der Waals surface area contributed by atoms with Crippen LogP contribution in [0, 0.1) is 0 Å². The van der Waals surface area contributed by atoms with Gasteiger partial charge < -0.3 is 5.73 Å². The predicted octanol–water partition coefficient (Wildman–Crippen LogP) is 2.70. The first-order valence-corrected chi connectivity index (χ1v) is 17.5. The van der Waals surface area contributed by atoms with Crippen molar-refractivity contribution >= 4 is 86.3 Å². The van der Waals surface area contributed by atoms with Crippen molar-refractivity contribution in [2.75, 3.05) is 20.7 Å². The molecular formula is C24H20N4O12S4. The standard InChI is InChI=1S/C24H20N4O12S4/c25-16-8-6-14(22(12-16)42(32,33)34)4-5-15-7-9-17(13-23(15)43(35,36)37)27-26-24-19-2-1-3-21(41(29,30)31)18(19)10-11-20(24)28(27)44(38,39)40/h1-13,26H,25H2,(H,29,30,31)(H,32,33,34)(H,35,36,37)(H,38,39,40). The molecule has 0 fully saturated rings. The van der Waals surface area contributed by atoms with E-state index < -0.39 is 55.3 Å². The van der Waals surface area contributed by atoms with Gasteiger partial charge in [-0.05, 0) is 47.5 Å². The van der Waals surface area contributed by atoms with Gasteiger partial charge in [-0.2, -0.15) is 38.8 Å². The van der Waals surface area contributed by atoms with Crippen molar-refractivity contribution in [1.29, 1.82) is 0 Å². The first kappa shape index (κ1) is 31.2. The van der Waals surface area contributed by atoms with Crippen LogP contribution in [0.2, 0.25) is 0 Å². The van der Waals surface area contributed by atoms with E-state index in [1.54, 1.807) is 0 Å². The molecule has 0 amide bonds. The second-order valence-corrected chi connectivity index (χ2v) is 14.6. The molecule has 1 aliphatic rings. The molecule has 0 atom stereocenters. The maximum atomic E-state index is 12.5. The fraction of sp³-hybridized carbons (Fsp3) is 0. The summed E-state index contributed by atoms with van der Waals surface area (Å²) in [5.41, 5.74) is 7.44. The van der Waals surface area contributed by atoms with Crippen molar-refractivity contribution in [1.82, 2.24) is 0 Å². The topological polar surface area (TPSA) is 262 Å². The molecule has 4 aromatic carbocycles. The van der Waals surface area contributed by atoms with Crippen LogP contribution in [-0.2, 0) is 40.7 Å². The highest BCUT2D eigenvalue weighted by atomic mass is 32.2. The molecule has 0 saturated carbocycles. The van der Waals surface area contributed by atoms with Crippen molar-refractivity contribution in [3.63, 3.8) is 0 Å². The van der Waals surface area contributed by atoms with E-state index in [0.717, 1.165) is 42.5 Å². The Hall–Kier alpha value is -4.28. The van der Waals surface area contributed by atoms with Gasteiger partial charge in [-0.1, -0.05) is 42.5 Å². The minimum atomic E-state index is -5.14. The summed E-state index contributed by atoms with van der Waals surface area (Å²) in [6.07, 6.45) is 2.23. The van der Waals surface area contributed by atoms with Crippen molar-refractivity contribution in [3.05, 3.63) is 77.9 Å². The van der Waals surface area contributed by atoms with Gasteiger partial charge in [0.05, 0.1) is 11.4 Å². The summed E-state index contributed by atoms with van der Waals surface area (Å²) in [6, 6.07) is 12.8. The molecule has 20 heteroatoms. The molecule has 1 heterocycles. The molecule has 0 bridgehead atoms. The summed E-state index contributed by atoms with van der Waals surface area (Å²) >= 11 is 0. The van der Waals surface area contributed by atoms with E-state index in [9.17, 15) is 51.9 Å². The van der Waals surface area contributed by atoms with Crippen LogP contribution in [-0.4, -0.2) is 51.9 Å². The van der Waals surface area contributed by atoms with E-state index in [4.69, 9.17) is 5.73 Å². The molecule has 0 radical (unpaired) electrons. The molecule has 232 valence electrons. The Morgan fingerprint density at radius 2 is 1.20 bits per heavy atom. The normalized spacial score (nSPS) is 14.3. The van der Waals surface area contributed by atoms with Crippen molar-refractivity contribution in [2.45, 2.75) is 14.7 Å². The van der Waals surface area contributed by atoms with Gasteiger partial charge in [-0.15, -0.1) is 4.41 Å². The molecule has 0 aromatic heterocycles. The maximum absolute atomic E-state index is 12.5. The van der Waals surface area contributed by atoms with Gasteiger partial charge in [-0.25, -0.2) is 0 Å². The minimum Gasteiger partial charge on any atom is -0.399 e. The summed E-state index contributed by atoms with van der Waals surface area (Å²) in [4.78, 5) is -1.84. The third kappa shape index (κ3) is 5.79. The number of nitrogen functional groups attached to an aromatic ring is 1. The van der Waals surface area contributed by atoms with Crippen LogP contribution in [0.5, 0.6) is 0 Å². The van der Waals surface area contributed by atoms with E-state index in [1.807, 2.05) is 0 Å². The monoisotopic (exact) mass is 684 g/mol. The second kappa shape index (κ2) is 10.4. The molecule has 44 heavy (non-hydrogen) atoms. The van der Waals surface area contributed by atoms with Crippen LogP contribution in [0.15, 0.2) is 81.4 Å². The van der Waals surface area contributed by atoms with E-state index in [2.05, 4.69) is 5.43 Å². The van der Waals surface area contributed by atoms with E-state index in [1.165, 1.54) is 36.4 Å². The van der Waals surface area contributed by atoms with Crippen molar-refractivity contribution in [2.24, 2.45) is 0 Å². The molecule has 4 aromatic rings. The molecule has 5 rings (SSSR count). The van der Waals surface area contributed by atoms with Gasteiger partial charge in [-0.3, -0.25) is 23.6 Å².